The van der Waals surface area contributed by atoms with Crippen LogP contribution in [0.1, 0.15) is 32.8 Å². The lowest BCUT2D eigenvalue weighted by atomic mass is 10.2. The number of carbonyl (C=O) groups is 2. The second-order valence-corrected chi connectivity index (χ2v) is 5.71. The fourth-order valence-electron chi connectivity index (χ4n) is 2.12. The molecule has 0 spiro atoms. The minimum absolute atomic E-state index is 0.197. The summed E-state index contributed by atoms with van der Waals surface area (Å²) >= 11 is 6.07. The van der Waals surface area contributed by atoms with Crippen LogP contribution in [-0.2, 0) is 11.3 Å². The van der Waals surface area contributed by atoms with Gasteiger partial charge in [0.05, 0.1) is 0 Å². The fourth-order valence-corrected chi connectivity index (χ4v) is 2.33. The third-order valence-corrected chi connectivity index (χ3v) is 3.83. The Morgan fingerprint density at radius 3 is 2.72 bits per heavy atom. The summed E-state index contributed by atoms with van der Waals surface area (Å²) in [6, 6.07) is 10.3. The Hall–Kier alpha value is -2.44. The molecule has 1 aromatic heterocycles. The van der Waals surface area contributed by atoms with E-state index in [2.05, 4.69) is 15.6 Å². The lowest BCUT2D eigenvalue weighted by Gasteiger charge is -2.08. The van der Waals surface area contributed by atoms with Gasteiger partial charge in [-0.25, -0.2) is 0 Å². The molecule has 2 aromatic rings. The summed E-state index contributed by atoms with van der Waals surface area (Å²) in [4.78, 5) is 28.3. The number of aromatic nitrogens is 1. The number of ether oxygens (including phenoxy) is 1. The van der Waals surface area contributed by atoms with Crippen LogP contribution in [0.3, 0.4) is 0 Å². The van der Waals surface area contributed by atoms with Gasteiger partial charge in [0.1, 0.15) is 5.69 Å². The van der Waals surface area contributed by atoms with E-state index in [9.17, 15) is 9.59 Å². The summed E-state index contributed by atoms with van der Waals surface area (Å²) in [7, 11) is 1.61. The van der Waals surface area contributed by atoms with E-state index < -0.39 is 0 Å². The van der Waals surface area contributed by atoms with Crippen molar-refractivity contribution in [1.82, 2.24) is 15.6 Å². The van der Waals surface area contributed by atoms with Crippen molar-refractivity contribution in [3.63, 3.8) is 0 Å². The number of carbonyl (C=O) groups excluding carboxylic acids is 2. The Balaban J connectivity index is 1.94. The van der Waals surface area contributed by atoms with Crippen LogP contribution < -0.4 is 10.6 Å². The average molecular weight is 362 g/mol. The van der Waals surface area contributed by atoms with Crippen molar-refractivity contribution in [3.05, 3.63) is 64.4 Å². The number of amides is 2. The molecule has 0 saturated heterocycles. The highest BCUT2D eigenvalue weighted by Gasteiger charge is 2.12. The molecular weight excluding hydrogens is 342 g/mol. The van der Waals surface area contributed by atoms with Gasteiger partial charge < -0.3 is 15.4 Å². The summed E-state index contributed by atoms with van der Waals surface area (Å²) in [6.07, 6.45) is 2.15. The zero-order chi connectivity index (χ0) is 18.1. The maximum atomic E-state index is 12.3. The molecule has 132 valence electrons. The summed E-state index contributed by atoms with van der Waals surface area (Å²) < 4.78 is 4.92. The number of pyridine rings is 1. The Morgan fingerprint density at radius 1 is 1.16 bits per heavy atom. The minimum Gasteiger partial charge on any atom is -0.385 e. The second-order valence-electron chi connectivity index (χ2n) is 5.31. The highest BCUT2D eigenvalue weighted by Crippen LogP contribution is 2.14. The van der Waals surface area contributed by atoms with Crippen LogP contribution >= 0.6 is 11.6 Å². The molecule has 6 nitrogen and oxygen atoms in total. The van der Waals surface area contributed by atoms with E-state index in [1.807, 2.05) is 18.2 Å². The number of nitrogens with zero attached hydrogens (tertiary/aromatic N) is 1. The number of hydrogen-bond acceptors (Lipinski definition) is 4. The molecule has 25 heavy (non-hydrogen) atoms. The third kappa shape index (κ3) is 5.85. The molecule has 0 atom stereocenters. The van der Waals surface area contributed by atoms with E-state index in [1.54, 1.807) is 19.2 Å². The van der Waals surface area contributed by atoms with Crippen LogP contribution in [0.2, 0.25) is 5.02 Å². The lowest BCUT2D eigenvalue weighted by Crippen LogP contribution is -2.27. The normalized spacial score (nSPS) is 10.3. The fraction of sp³-hybridized carbons (Fsp3) is 0.278. The van der Waals surface area contributed by atoms with E-state index >= 15 is 0 Å². The summed E-state index contributed by atoms with van der Waals surface area (Å²) in [5.74, 6) is -0.618. The Labute approximate surface area is 151 Å². The second kappa shape index (κ2) is 9.76. The highest BCUT2D eigenvalue weighted by molar-refractivity contribution is 6.31. The third-order valence-electron chi connectivity index (χ3n) is 3.46. The van der Waals surface area contributed by atoms with Gasteiger partial charge in [0, 0.05) is 43.6 Å². The van der Waals surface area contributed by atoms with E-state index in [0.29, 0.717) is 36.7 Å². The first-order chi connectivity index (χ1) is 12.1. The predicted molar refractivity (Wildman–Crippen MR) is 95.7 cm³/mol. The van der Waals surface area contributed by atoms with Gasteiger partial charge in [-0.1, -0.05) is 29.8 Å². The molecule has 2 rings (SSSR count). The Morgan fingerprint density at radius 2 is 1.96 bits per heavy atom. The van der Waals surface area contributed by atoms with Crippen molar-refractivity contribution in [2.75, 3.05) is 20.3 Å². The number of halogens is 1. The summed E-state index contributed by atoms with van der Waals surface area (Å²) in [6.45, 7) is 1.36. The molecule has 0 saturated carbocycles. The minimum atomic E-state index is -0.322. The smallest absolute Gasteiger partial charge is 0.269 e. The van der Waals surface area contributed by atoms with Gasteiger partial charge in [-0.3, -0.25) is 14.6 Å². The number of benzene rings is 1. The van der Waals surface area contributed by atoms with Gasteiger partial charge >= 0.3 is 0 Å². The van der Waals surface area contributed by atoms with Gasteiger partial charge in [0.15, 0.2) is 0 Å². The molecule has 7 heteroatoms. The molecule has 1 heterocycles. The Bertz CT molecular complexity index is 737. The van der Waals surface area contributed by atoms with E-state index in [0.717, 1.165) is 5.56 Å². The number of methoxy groups -OCH3 is 1. The van der Waals surface area contributed by atoms with Crippen LogP contribution in [0.15, 0.2) is 42.6 Å². The topological polar surface area (TPSA) is 80.3 Å². The van der Waals surface area contributed by atoms with Crippen LogP contribution in [0.4, 0.5) is 0 Å². The SMILES string of the molecule is COCCCNC(=O)c1cc(C(=O)NCc2ccccc2Cl)ccn1. The first-order valence-corrected chi connectivity index (χ1v) is 8.24. The van der Waals surface area contributed by atoms with Crippen LogP contribution in [0, 0.1) is 0 Å². The van der Waals surface area contributed by atoms with Crippen molar-refractivity contribution in [2.24, 2.45) is 0 Å². The standard InChI is InChI=1S/C18H20ClN3O3/c1-25-10-4-8-21-18(24)16-11-13(7-9-20-16)17(23)22-12-14-5-2-3-6-15(14)19/h2-3,5-7,9,11H,4,8,10,12H2,1H3,(H,21,24)(H,22,23). The zero-order valence-electron chi connectivity index (χ0n) is 13.9. The molecule has 0 aliphatic carbocycles. The number of nitrogens with one attached hydrogen (secondary N) is 2. The molecule has 2 amide bonds. The largest absolute Gasteiger partial charge is 0.385 e. The van der Waals surface area contributed by atoms with Gasteiger partial charge in [-0.15, -0.1) is 0 Å². The lowest BCUT2D eigenvalue weighted by molar-refractivity contribution is 0.0943. The molecule has 0 aliphatic heterocycles. The van der Waals surface area contributed by atoms with Crippen molar-refractivity contribution in [3.8, 4) is 0 Å². The van der Waals surface area contributed by atoms with Crippen molar-refractivity contribution in [2.45, 2.75) is 13.0 Å². The van der Waals surface area contributed by atoms with E-state index in [1.165, 1.54) is 12.3 Å². The number of hydrogen-bond donors (Lipinski definition) is 2. The van der Waals surface area contributed by atoms with Gasteiger partial charge in [-0.2, -0.15) is 0 Å². The van der Waals surface area contributed by atoms with Crippen LogP contribution in [0.5, 0.6) is 0 Å². The summed E-state index contributed by atoms with van der Waals surface area (Å²) in [5.41, 5.74) is 1.38. The van der Waals surface area contributed by atoms with Crippen molar-refractivity contribution in [1.29, 1.82) is 0 Å². The summed E-state index contributed by atoms with van der Waals surface area (Å²) in [5, 5.41) is 6.11. The maximum Gasteiger partial charge on any atom is 0.269 e. The first kappa shape index (κ1) is 18.9. The first-order valence-electron chi connectivity index (χ1n) is 7.86. The van der Waals surface area contributed by atoms with Crippen LogP contribution in [0.25, 0.3) is 0 Å². The van der Waals surface area contributed by atoms with Gasteiger partial charge in [-0.05, 0) is 30.2 Å². The van der Waals surface area contributed by atoms with Gasteiger partial charge in [0.25, 0.3) is 11.8 Å². The molecule has 1 aromatic carbocycles. The highest BCUT2D eigenvalue weighted by atomic mass is 35.5. The number of rotatable bonds is 8. The van der Waals surface area contributed by atoms with Crippen molar-refractivity contribution >= 4 is 23.4 Å². The quantitative estimate of drug-likeness (QED) is 0.708. The molecule has 0 radical (unpaired) electrons. The average Bonchev–Trinajstić information content (AvgIpc) is 2.64. The van der Waals surface area contributed by atoms with Gasteiger partial charge in [0.2, 0.25) is 0 Å². The maximum absolute atomic E-state index is 12.3. The molecule has 0 aliphatic rings. The predicted octanol–water partition coefficient (Wildman–Crippen LogP) is 2.43. The van der Waals surface area contributed by atoms with E-state index in [4.69, 9.17) is 16.3 Å². The van der Waals surface area contributed by atoms with Crippen LogP contribution in [-0.4, -0.2) is 37.1 Å². The molecule has 0 unspecified atom stereocenters. The Kier molecular flexibility index (Phi) is 7.37. The zero-order valence-corrected chi connectivity index (χ0v) is 14.7. The van der Waals surface area contributed by atoms with E-state index in [-0.39, 0.29) is 17.5 Å². The molecular formula is C18H20ClN3O3. The molecule has 2 N–H and O–H groups in total. The molecule has 0 bridgehead atoms. The monoisotopic (exact) mass is 361 g/mol. The van der Waals surface area contributed by atoms with Crippen molar-refractivity contribution < 1.29 is 14.3 Å². The molecule has 0 fully saturated rings.